The van der Waals surface area contributed by atoms with Gasteiger partial charge in [0, 0.05) is 38.1 Å². The monoisotopic (exact) mass is 478 g/mol. The molecule has 182 valence electrons. The van der Waals surface area contributed by atoms with Crippen LogP contribution in [0.2, 0.25) is 0 Å². The third-order valence-corrected chi connectivity index (χ3v) is 7.66. The highest BCUT2D eigenvalue weighted by Gasteiger charge is 2.36. The van der Waals surface area contributed by atoms with Gasteiger partial charge >= 0.3 is 5.97 Å². The lowest BCUT2D eigenvalue weighted by Gasteiger charge is -2.28. The molecule has 8 nitrogen and oxygen atoms in total. The van der Waals surface area contributed by atoms with Gasteiger partial charge in [0.1, 0.15) is 5.69 Å². The Hall–Kier alpha value is -2.49. The van der Waals surface area contributed by atoms with Crippen LogP contribution in [0.4, 0.5) is 0 Å². The van der Waals surface area contributed by atoms with E-state index in [-0.39, 0.29) is 23.8 Å². The first-order valence-electron chi connectivity index (χ1n) is 11.1. The van der Waals surface area contributed by atoms with Crippen LogP contribution in [0.5, 0.6) is 0 Å². The van der Waals surface area contributed by atoms with Gasteiger partial charge in [-0.15, -0.1) is 0 Å². The molecule has 0 bridgehead atoms. The predicted molar refractivity (Wildman–Crippen MR) is 126 cm³/mol. The molecule has 0 amide bonds. The minimum Gasteiger partial charge on any atom is -0.461 e. The van der Waals surface area contributed by atoms with E-state index in [1.165, 1.54) is 16.4 Å². The molecule has 1 aromatic carbocycles. The Kier molecular flexibility index (Phi) is 9.39. The van der Waals surface area contributed by atoms with Gasteiger partial charge < -0.3 is 14.0 Å². The number of Topliss-reactive ketones (excluding diaryl/α,β-unsaturated/α-hetero) is 1. The van der Waals surface area contributed by atoms with Crippen LogP contribution < -0.4 is 0 Å². The first kappa shape index (κ1) is 26.8. The van der Waals surface area contributed by atoms with Crippen LogP contribution in [-0.4, -0.2) is 61.4 Å². The molecule has 0 spiro atoms. The maximum atomic E-state index is 13.6. The Balaban J connectivity index is 2.48. The highest BCUT2D eigenvalue weighted by molar-refractivity contribution is 7.89. The number of hydrogen-bond donors (Lipinski definition) is 0. The van der Waals surface area contributed by atoms with Crippen LogP contribution in [0.15, 0.2) is 35.2 Å². The largest absolute Gasteiger partial charge is 0.461 e. The van der Waals surface area contributed by atoms with E-state index < -0.39 is 22.0 Å². The average molecular weight is 479 g/mol. The summed E-state index contributed by atoms with van der Waals surface area (Å²) >= 11 is 0. The van der Waals surface area contributed by atoms with Crippen molar-refractivity contribution in [3.63, 3.8) is 0 Å². The number of ether oxygens (including phenoxy) is 2. The Bertz CT molecular complexity index is 1080. The van der Waals surface area contributed by atoms with E-state index in [2.05, 4.69) is 0 Å². The molecule has 0 fully saturated rings. The first-order chi connectivity index (χ1) is 15.6. The van der Waals surface area contributed by atoms with Crippen LogP contribution in [-0.2, 0) is 26.5 Å². The van der Waals surface area contributed by atoms with Gasteiger partial charge in [0.25, 0.3) is 0 Å². The van der Waals surface area contributed by atoms with Crippen LogP contribution >= 0.6 is 0 Å². The van der Waals surface area contributed by atoms with Crippen molar-refractivity contribution in [1.82, 2.24) is 8.87 Å². The van der Waals surface area contributed by atoms with Crippen LogP contribution in [0.3, 0.4) is 0 Å². The second-order valence-electron chi connectivity index (χ2n) is 7.73. The van der Waals surface area contributed by atoms with Gasteiger partial charge in [0.2, 0.25) is 10.0 Å². The summed E-state index contributed by atoms with van der Waals surface area (Å²) in [6.07, 6.45) is 0.443. The van der Waals surface area contributed by atoms with Gasteiger partial charge in [-0.2, -0.15) is 4.31 Å². The topological polar surface area (TPSA) is 94.9 Å². The molecule has 0 aliphatic rings. The first-order valence-corrected chi connectivity index (χ1v) is 12.5. The maximum absolute atomic E-state index is 13.6. The molecule has 0 radical (unpaired) electrons. The zero-order chi connectivity index (χ0) is 24.8. The fourth-order valence-corrected chi connectivity index (χ4v) is 5.54. The molecule has 0 saturated heterocycles. The van der Waals surface area contributed by atoms with Gasteiger partial charge in [-0.3, -0.25) is 4.79 Å². The number of aromatic nitrogens is 1. The van der Waals surface area contributed by atoms with E-state index in [1.54, 1.807) is 57.5 Å². The minimum absolute atomic E-state index is 0.120. The molecule has 0 aliphatic heterocycles. The lowest BCUT2D eigenvalue weighted by Crippen LogP contribution is -2.44. The zero-order valence-electron chi connectivity index (χ0n) is 20.3. The highest BCUT2D eigenvalue weighted by Crippen LogP contribution is 2.27. The molecule has 33 heavy (non-hydrogen) atoms. The van der Waals surface area contributed by atoms with Gasteiger partial charge in [0.15, 0.2) is 5.78 Å². The zero-order valence-corrected chi connectivity index (χ0v) is 21.1. The van der Waals surface area contributed by atoms with Crippen LogP contribution in [0.1, 0.15) is 59.3 Å². The molecule has 2 rings (SSSR count). The van der Waals surface area contributed by atoms with E-state index in [0.29, 0.717) is 42.1 Å². The summed E-state index contributed by atoms with van der Waals surface area (Å²) in [6, 6.07) is 7.08. The SMILES string of the molecule is CCOCCCN(C(C)C(=O)c1c(C)c(C(=O)OCC)n(C)c1C)S(=O)(=O)c1ccccc1. The average Bonchev–Trinajstić information content (AvgIpc) is 3.01. The predicted octanol–water partition coefficient (Wildman–Crippen LogP) is 3.51. The van der Waals surface area contributed by atoms with E-state index in [0.717, 1.165) is 0 Å². The number of carbonyl (C=O) groups is 2. The number of rotatable bonds is 12. The number of sulfonamides is 1. The Morgan fingerprint density at radius 1 is 1.09 bits per heavy atom. The second kappa shape index (κ2) is 11.6. The summed E-state index contributed by atoms with van der Waals surface area (Å²) in [5.41, 5.74) is 1.69. The molecule has 0 saturated carbocycles. The Morgan fingerprint density at radius 3 is 2.30 bits per heavy atom. The summed E-state index contributed by atoms with van der Waals surface area (Å²) in [4.78, 5) is 26.2. The van der Waals surface area contributed by atoms with Crippen molar-refractivity contribution >= 4 is 21.8 Å². The summed E-state index contributed by atoms with van der Waals surface area (Å²) in [7, 11) is -2.24. The molecule has 1 unspecified atom stereocenters. The quantitative estimate of drug-likeness (QED) is 0.263. The van der Waals surface area contributed by atoms with Gasteiger partial charge in [-0.25, -0.2) is 13.2 Å². The van der Waals surface area contributed by atoms with E-state index >= 15 is 0 Å². The summed E-state index contributed by atoms with van der Waals surface area (Å²) in [5, 5.41) is 0. The third-order valence-electron chi connectivity index (χ3n) is 5.68. The van der Waals surface area contributed by atoms with Crippen molar-refractivity contribution in [3.05, 3.63) is 52.8 Å². The molecular weight excluding hydrogens is 444 g/mol. The summed E-state index contributed by atoms with van der Waals surface area (Å²) in [5.74, 6) is -0.884. The molecule has 0 N–H and O–H groups in total. The number of nitrogens with zero attached hydrogens (tertiary/aromatic N) is 2. The number of ketones is 1. The van der Waals surface area contributed by atoms with Crippen molar-refractivity contribution in [2.75, 3.05) is 26.4 Å². The minimum atomic E-state index is -3.94. The maximum Gasteiger partial charge on any atom is 0.355 e. The highest BCUT2D eigenvalue weighted by atomic mass is 32.2. The number of esters is 1. The lowest BCUT2D eigenvalue weighted by atomic mass is 10.0. The smallest absolute Gasteiger partial charge is 0.355 e. The van der Waals surface area contributed by atoms with Crippen LogP contribution in [0, 0.1) is 13.8 Å². The number of carbonyl (C=O) groups excluding carboxylic acids is 2. The van der Waals surface area contributed by atoms with E-state index in [1.807, 2.05) is 6.92 Å². The molecule has 1 atom stereocenters. The second-order valence-corrected chi connectivity index (χ2v) is 9.62. The Labute approximate surface area is 196 Å². The molecule has 1 aromatic heterocycles. The van der Waals surface area contributed by atoms with Crippen molar-refractivity contribution < 1.29 is 27.5 Å². The fraction of sp³-hybridized carbons (Fsp3) is 0.500. The van der Waals surface area contributed by atoms with Crippen molar-refractivity contribution in [2.24, 2.45) is 7.05 Å². The standard InChI is InChI=1S/C24H34N2O6S/c1-7-31-16-12-15-26(33(29,30)20-13-10-9-11-14-20)19(5)23(27)21-17(3)22(24(28)32-8-2)25(6)18(21)4/h9-11,13-14,19H,7-8,12,15-16H2,1-6H3. The van der Waals surface area contributed by atoms with E-state index in [4.69, 9.17) is 9.47 Å². The summed E-state index contributed by atoms with van der Waals surface area (Å²) in [6.45, 7) is 9.83. The van der Waals surface area contributed by atoms with Crippen molar-refractivity contribution in [2.45, 2.75) is 52.0 Å². The Morgan fingerprint density at radius 2 is 1.73 bits per heavy atom. The van der Waals surface area contributed by atoms with Gasteiger partial charge in [0.05, 0.1) is 17.5 Å². The molecular formula is C24H34N2O6S. The fourth-order valence-electron chi connectivity index (χ4n) is 3.89. The number of benzene rings is 1. The van der Waals surface area contributed by atoms with Crippen LogP contribution in [0.25, 0.3) is 0 Å². The lowest BCUT2D eigenvalue weighted by molar-refractivity contribution is 0.0514. The molecule has 0 aliphatic carbocycles. The molecule has 2 aromatic rings. The normalized spacial score (nSPS) is 12.7. The molecule has 1 heterocycles. The van der Waals surface area contributed by atoms with Crippen molar-refractivity contribution in [1.29, 1.82) is 0 Å². The third kappa shape index (κ3) is 5.72. The van der Waals surface area contributed by atoms with E-state index in [9.17, 15) is 18.0 Å². The molecule has 9 heteroatoms. The number of hydrogen-bond acceptors (Lipinski definition) is 6. The van der Waals surface area contributed by atoms with Gasteiger partial charge in [-0.1, -0.05) is 18.2 Å². The van der Waals surface area contributed by atoms with Gasteiger partial charge in [-0.05, 0) is 58.7 Å². The summed E-state index contributed by atoms with van der Waals surface area (Å²) < 4.78 is 40.3. The van der Waals surface area contributed by atoms with Crippen molar-refractivity contribution in [3.8, 4) is 0 Å².